The van der Waals surface area contributed by atoms with Gasteiger partial charge >= 0.3 is 0 Å². The molecule has 1 N–H and O–H groups in total. The van der Waals surface area contributed by atoms with E-state index in [0.29, 0.717) is 5.56 Å². The van der Waals surface area contributed by atoms with Gasteiger partial charge in [-0.3, -0.25) is 0 Å². The maximum absolute atomic E-state index is 8.95. The summed E-state index contributed by atoms with van der Waals surface area (Å²) in [5.41, 5.74) is 5.25. The van der Waals surface area contributed by atoms with E-state index in [1.54, 1.807) is 0 Å². The summed E-state index contributed by atoms with van der Waals surface area (Å²) in [7, 11) is 0. The van der Waals surface area contributed by atoms with Crippen LogP contribution < -0.4 is 5.32 Å². The van der Waals surface area contributed by atoms with Gasteiger partial charge in [0.15, 0.2) is 0 Å². The summed E-state index contributed by atoms with van der Waals surface area (Å²) in [4.78, 5) is 0. The molecule has 18 heavy (non-hydrogen) atoms. The maximum Gasteiger partial charge on any atom is 0.0992 e. The highest BCUT2D eigenvalue weighted by molar-refractivity contribution is 5.79. The first-order chi connectivity index (χ1) is 8.74. The van der Waals surface area contributed by atoms with Crippen LogP contribution in [0.1, 0.15) is 18.1 Å². The molecule has 0 spiro atoms. The van der Waals surface area contributed by atoms with E-state index in [1.165, 1.54) is 11.1 Å². The van der Waals surface area contributed by atoms with Gasteiger partial charge in [0.05, 0.1) is 11.6 Å². The summed E-state index contributed by atoms with van der Waals surface area (Å²) in [6.45, 7) is 4.97. The fourth-order valence-corrected chi connectivity index (χ4v) is 1.94. The average molecular weight is 236 g/mol. The molecule has 2 aromatic rings. The minimum atomic E-state index is 0.682. The highest BCUT2D eigenvalue weighted by Crippen LogP contribution is 2.29. The average Bonchev–Trinajstić information content (AvgIpc) is 2.40. The number of benzene rings is 2. The first-order valence-corrected chi connectivity index (χ1v) is 6.09. The smallest absolute Gasteiger partial charge is 0.0992 e. The third-order valence-electron chi connectivity index (χ3n) is 2.88. The molecule has 0 atom stereocenters. The Hall–Kier alpha value is -2.27. The quantitative estimate of drug-likeness (QED) is 0.875. The molecule has 0 unspecified atom stereocenters. The third-order valence-corrected chi connectivity index (χ3v) is 2.88. The van der Waals surface area contributed by atoms with E-state index in [4.69, 9.17) is 5.26 Å². The van der Waals surface area contributed by atoms with Crippen molar-refractivity contribution in [3.8, 4) is 17.2 Å². The number of aryl methyl sites for hydroxylation is 1. The molecule has 2 heteroatoms. The number of hydrogen-bond acceptors (Lipinski definition) is 2. The summed E-state index contributed by atoms with van der Waals surface area (Å²) < 4.78 is 0. The topological polar surface area (TPSA) is 35.8 Å². The van der Waals surface area contributed by atoms with Crippen LogP contribution in [0.5, 0.6) is 0 Å². The molecule has 90 valence electrons. The van der Waals surface area contributed by atoms with E-state index in [9.17, 15) is 0 Å². The Labute approximate surface area is 108 Å². The number of nitriles is 1. The highest BCUT2D eigenvalue weighted by atomic mass is 14.9. The summed E-state index contributed by atoms with van der Waals surface area (Å²) in [6.07, 6.45) is 0. The minimum absolute atomic E-state index is 0.682. The van der Waals surface area contributed by atoms with Gasteiger partial charge in [-0.1, -0.05) is 35.9 Å². The predicted octanol–water partition coefficient (Wildman–Crippen LogP) is 3.97. The Morgan fingerprint density at radius 3 is 2.44 bits per heavy atom. The minimum Gasteiger partial charge on any atom is -0.385 e. The molecule has 0 aliphatic heterocycles. The predicted molar refractivity (Wildman–Crippen MR) is 75.5 cm³/mol. The van der Waals surface area contributed by atoms with Crippen molar-refractivity contribution in [2.75, 3.05) is 11.9 Å². The molecule has 0 aliphatic rings. The zero-order valence-electron chi connectivity index (χ0n) is 10.7. The van der Waals surface area contributed by atoms with Gasteiger partial charge in [0.2, 0.25) is 0 Å². The lowest BCUT2D eigenvalue weighted by atomic mass is 10.0. The van der Waals surface area contributed by atoms with Gasteiger partial charge in [-0.25, -0.2) is 0 Å². The monoisotopic (exact) mass is 236 g/mol. The van der Waals surface area contributed by atoms with E-state index < -0.39 is 0 Å². The van der Waals surface area contributed by atoms with Crippen LogP contribution in [0.2, 0.25) is 0 Å². The van der Waals surface area contributed by atoms with Crippen LogP contribution in [-0.2, 0) is 0 Å². The molecule has 2 aromatic carbocycles. The number of rotatable bonds is 3. The molecule has 0 aliphatic carbocycles. The fraction of sp³-hybridized carbons (Fsp3) is 0.188. The van der Waals surface area contributed by atoms with Crippen molar-refractivity contribution >= 4 is 5.69 Å². The van der Waals surface area contributed by atoms with Crippen LogP contribution in [0.15, 0.2) is 42.5 Å². The largest absolute Gasteiger partial charge is 0.385 e. The highest BCUT2D eigenvalue weighted by Gasteiger charge is 2.05. The van der Waals surface area contributed by atoms with E-state index in [0.717, 1.165) is 17.8 Å². The van der Waals surface area contributed by atoms with Crippen molar-refractivity contribution < 1.29 is 0 Å². The van der Waals surface area contributed by atoms with Gasteiger partial charge in [0.1, 0.15) is 0 Å². The molecule has 2 nitrogen and oxygen atoms in total. The Morgan fingerprint density at radius 2 is 1.83 bits per heavy atom. The molecule has 2 rings (SSSR count). The zero-order valence-corrected chi connectivity index (χ0v) is 10.7. The first-order valence-electron chi connectivity index (χ1n) is 6.09. The zero-order chi connectivity index (χ0) is 13.0. The molecule has 0 saturated heterocycles. The van der Waals surface area contributed by atoms with Crippen LogP contribution in [0, 0.1) is 18.3 Å². The van der Waals surface area contributed by atoms with Crippen LogP contribution in [0.4, 0.5) is 5.69 Å². The van der Waals surface area contributed by atoms with Crippen LogP contribution in [0.3, 0.4) is 0 Å². The van der Waals surface area contributed by atoms with E-state index in [1.807, 2.05) is 18.2 Å². The molecular formula is C16H16N2. The van der Waals surface area contributed by atoms with Crippen LogP contribution >= 0.6 is 0 Å². The molecule has 0 saturated carbocycles. The van der Waals surface area contributed by atoms with E-state index in [2.05, 4.69) is 49.5 Å². The Morgan fingerprint density at radius 1 is 1.11 bits per heavy atom. The molecule has 0 amide bonds. The number of nitrogens with zero attached hydrogens (tertiary/aromatic N) is 1. The molecule has 0 aromatic heterocycles. The molecular weight excluding hydrogens is 220 g/mol. The van der Waals surface area contributed by atoms with Crippen molar-refractivity contribution in [1.29, 1.82) is 5.26 Å². The second-order valence-corrected chi connectivity index (χ2v) is 4.27. The Balaban J connectivity index is 2.49. The van der Waals surface area contributed by atoms with Gasteiger partial charge in [-0.15, -0.1) is 0 Å². The number of nitrogens with one attached hydrogen (secondary N) is 1. The second-order valence-electron chi connectivity index (χ2n) is 4.27. The third kappa shape index (κ3) is 2.52. The lowest BCUT2D eigenvalue weighted by Crippen LogP contribution is -1.99. The lowest BCUT2D eigenvalue weighted by Gasteiger charge is -2.11. The van der Waals surface area contributed by atoms with Gasteiger partial charge in [0, 0.05) is 17.8 Å². The van der Waals surface area contributed by atoms with Gasteiger partial charge in [-0.2, -0.15) is 5.26 Å². The van der Waals surface area contributed by atoms with Gasteiger partial charge in [-0.05, 0) is 31.5 Å². The SMILES string of the molecule is CCNc1cc(C#N)ccc1-c1ccc(C)cc1. The first kappa shape index (κ1) is 12.2. The van der Waals surface area contributed by atoms with Crippen molar-refractivity contribution in [2.45, 2.75) is 13.8 Å². The summed E-state index contributed by atoms with van der Waals surface area (Å²) in [5.74, 6) is 0. The second kappa shape index (κ2) is 5.37. The molecule has 0 fully saturated rings. The summed E-state index contributed by atoms with van der Waals surface area (Å²) >= 11 is 0. The molecule has 0 bridgehead atoms. The van der Waals surface area contributed by atoms with Gasteiger partial charge < -0.3 is 5.32 Å². The Kier molecular flexibility index (Phi) is 3.64. The van der Waals surface area contributed by atoms with Crippen molar-refractivity contribution in [2.24, 2.45) is 0 Å². The lowest BCUT2D eigenvalue weighted by molar-refractivity contribution is 1.21. The van der Waals surface area contributed by atoms with Gasteiger partial charge in [0.25, 0.3) is 0 Å². The van der Waals surface area contributed by atoms with Crippen molar-refractivity contribution in [1.82, 2.24) is 0 Å². The number of hydrogen-bond donors (Lipinski definition) is 1. The van der Waals surface area contributed by atoms with Crippen LogP contribution in [0.25, 0.3) is 11.1 Å². The molecule has 0 heterocycles. The maximum atomic E-state index is 8.95. The van der Waals surface area contributed by atoms with Crippen molar-refractivity contribution in [3.05, 3.63) is 53.6 Å². The molecule has 0 radical (unpaired) electrons. The van der Waals surface area contributed by atoms with Crippen molar-refractivity contribution in [3.63, 3.8) is 0 Å². The number of anilines is 1. The fourth-order valence-electron chi connectivity index (χ4n) is 1.94. The summed E-state index contributed by atoms with van der Waals surface area (Å²) in [5, 5.41) is 12.3. The van der Waals surface area contributed by atoms with Crippen LogP contribution in [-0.4, -0.2) is 6.54 Å². The van der Waals surface area contributed by atoms with E-state index >= 15 is 0 Å². The summed E-state index contributed by atoms with van der Waals surface area (Å²) in [6, 6.07) is 16.4. The normalized spacial score (nSPS) is 9.83. The Bertz CT molecular complexity index is 577. The standard InChI is InChI=1S/C16H16N2/c1-3-18-16-10-13(11-17)6-9-15(16)14-7-4-12(2)5-8-14/h4-10,18H,3H2,1-2H3. The van der Waals surface area contributed by atoms with E-state index in [-0.39, 0.29) is 0 Å².